The first kappa shape index (κ1) is 29.1. The van der Waals surface area contributed by atoms with E-state index in [1.165, 1.54) is 67.4 Å². The number of benzene rings is 1. The van der Waals surface area contributed by atoms with Gasteiger partial charge in [-0.25, -0.2) is 4.79 Å². The lowest BCUT2D eigenvalue weighted by atomic mass is 10.0. The molecule has 0 bridgehead atoms. The molecule has 1 N–H and O–H groups in total. The van der Waals surface area contributed by atoms with E-state index in [9.17, 15) is 14.9 Å². The van der Waals surface area contributed by atoms with E-state index in [2.05, 4.69) is 65.0 Å². The predicted octanol–water partition coefficient (Wildman–Crippen LogP) is 8.45. The molecule has 0 heterocycles. The highest BCUT2D eigenvalue weighted by Gasteiger charge is 2.06. The lowest BCUT2D eigenvalue weighted by molar-refractivity contribution is -0.384. The van der Waals surface area contributed by atoms with Crippen molar-refractivity contribution in [3.8, 4) is 0 Å². The molecule has 0 spiro atoms. The fraction of sp³-hybridized carbons (Fsp3) is 0.444. The summed E-state index contributed by atoms with van der Waals surface area (Å²) in [5.74, 6) is -1.09. The van der Waals surface area contributed by atoms with Crippen LogP contribution >= 0.6 is 0 Å². The first-order valence-corrected chi connectivity index (χ1v) is 11.3. The van der Waals surface area contributed by atoms with Crippen LogP contribution < -0.4 is 0 Å². The summed E-state index contributed by atoms with van der Waals surface area (Å²) in [5, 5.41) is 18.6. The van der Waals surface area contributed by atoms with Crippen LogP contribution in [0.2, 0.25) is 0 Å². The molecule has 0 amide bonds. The zero-order chi connectivity index (χ0) is 24.4. The van der Waals surface area contributed by atoms with E-state index < -0.39 is 10.9 Å². The standard InChI is InChI=1S/C20H34.C7H5NO4/c1-6-8-9-10-13-19(4)16-12-17-20(5)15-11-14-18(3)7-2;9-7(10)5-1-3-6(4-2-5)8(11)12/h7-9,15-16H,6,10-14,17H2,1-5H3;1-4H,(H,9,10)/b9-8?,18-7+,19-16-,20-15+;. The Kier molecular flexibility index (Phi) is 16.1. The second-order valence-electron chi connectivity index (χ2n) is 7.84. The van der Waals surface area contributed by atoms with Crippen LogP contribution in [0.15, 0.2) is 71.4 Å². The van der Waals surface area contributed by atoms with Gasteiger partial charge in [0.2, 0.25) is 0 Å². The smallest absolute Gasteiger partial charge is 0.335 e. The largest absolute Gasteiger partial charge is 0.478 e. The highest BCUT2D eigenvalue weighted by atomic mass is 16.6. The first-order valence-electron chi connectivity index (χ1n) is 11.3. The fourth-order valence-corrected chi connectivity index (χ4v) is 2.76. The van der Waals surface area contributed by atoms with Gasteiger partial charge in [-0.15, -0.1) is 0 Å². The van der Waals surface area contributed by atoms with E-state index in [-0.39, 0.29) is 11.3 Å². The molecule has 0 aromatic heterocycles. The molecule has 0 radical (unpaired) electrons. The van der Waals surface area contributed by atoms with Crippen molar-refractivity contribution in [1.29, 1.82) is 0 Å². The molecule has 32 heavy (non-hydrogen) atoms. The molecule has 1 rings (SSSR count). The highest BCUT2D eigenvalue weighted by molar-refractivity contribution is 5.87. The maximum atomic E-state index is 10.3. The average molecular weight is 442 g/mol. The van der Waals surface area contributed by atoms with Gasteiger partial charge in [0.05, 0.1) is 10.5 Å². The molecular weight excluding hydrogens is 402 g/mol. The van der Waals surface area contributed by atoms with Crippen molar-refractivity contribution in [3.63, 3.8) is 0 Å². The van der Waals surface area contributed by atoms with Gasteiger partial charge in [0.25, 0.3) is 5.69 Å². The van der Waals surface area contributed by atoms with Gasteiger partial charge in [0, 0.05) is 12.1 Å². The van der Waals surface area contributed by atoms with Crippen molar-refractivity contribution in [2.75, 3.05) is 0 Å². The summed E-state index contributed by atoms with van der Waals surface area (Å²) in [5.41, 5.74) is 4.48. The Labute approximate surface area is 193 Å². The second-order valence-corrected chi connectivity index (χ2v) is 7.84. The number of carboxylic acids is 1. The molecule has 0 saturated carbocycles. The number of non-ortho nitro benzene ring substituents is 1. The van der Waals surface area contributed by atoms with Crippen LogP contribution in [0.4, 0.5) is 5.69 Å². The van der Waals surface area contributed by atoms with E-state index in [1.54, 1.807) is 0 Å². The summed E-state index contributed by atoms with van der Waals surface area (Å²) in [6, 6.07) is 4.70. The Bertz CT molecular complexity index is 782. The maximum absolute atomic E-state index is 10.3. The van der Waals surface area contributed by atoms with Crippen molar-refractivity contribution >= 4 is 11.7 Å². The van der Waals surface area contributed by atoms with Gasteiger partial charge in [-0.3, -0.25) is 10.1 Å². The van der Waals surface area contributed by atoms with Crippen molar-refractivity contribution in [1.82, 2.24) is 0 Å². The molecule has 0 saturated heterocycles. The van der Waals surface area contributed by atoms with Crippen molar-refractivity contribution in [2.45, 2.75) is 79.6 Å². The van der Waals surface area contributed by atoms with Crippen LogP contribution in [0.5, 0.6) is 0 Å². The third-order valence-corrected chi connectivity index (χ3v) is 4.99. The molecule has 0 aliphatic heterocycles. The minimum atomic E-state index is -1.09. The van der Waals surface area contributed by atoms with Crippen molar-refractivity contribution in [3.05, 3.63) is 87.0 Å². The molecule has 5 nitrogen and oxygen atoms in total. The lowest BCUT2D eigenvalue weighted by Crippen LogP contribution is -1.96. The predicted molar refractivity (Wildman–Crippen MR) is 134 cm³/mol. The Morgan fingerprint density at radius 2 is 1.41 bits per heavy atom. The summed E-state index contributed by atoms with van der Waals surface area (Å²) < 4.78 is 0. The zero-order valence-corrected chi connectivity index (χ0v) is 20.3. The van der Waals surface area contributed by atoms with Crippen LogP contribution in [0, 0.1) is 10.1 Å². The van der Waals surface area contributed by atoms with Crippen LogP contribution in [0.3, 0.4) is 0 Å². The summed E-state index contributed by atoms with van der Waals surface area (Å²) in [6.07, 6.45) is 19.9. The molecule has 1 aromatic rings. The topological polar surface area (TPSA) is 80.4 Å². The first-order chi connectivity index (χ1) is 15.2. The Balaban J connectivity index is 0.000000677. The SMILES string of the molecule is C/C=C(\C)CC/C=C(\C)CC/C=C(/C)CCC=CCC.O=C(O)c1ccc([N+](=O)[O-])cc1. The minimum Gasteiger partial charge on any atom is -0.478 e. The second kappa shape index (κ2) is 17.7. The summed E-state index contributed by atoms with van der Waals surface area (Å²) >= 11 is 0. The van der Waals surface area contributed by atoms with Crippen molar-refractivity contribution < 1.29 is 14.8 Å². The van der Waals surface area contributed by atoms with Gasteiger partial charge in [-0.2, -0.15) is 0 Å². The van der Waals surface area contributed by atoms with Crippen LogP contribution in [0.1, 0.15) is 89.9 Å². The van der Waals surface area contributed by atoms with E-state index in [4.69, 9.17) is 5.11 Å². The summed E-state index contributed by atoms with van der Waals surface area (Å²) in [6.45, 7) is 11.0. The van der Waals surface area contributed by atoms with E-state index in [1.807, 2.05) is 0 Å². The van der Waals surface area contributed by atoms with Crippen molar-refractivity contribution in [2.24, 2.45) is 0 Å². The molecule has 0 aliphatic carbocycles. The number of carboxylic acid groups (broad SMARTS) is 1. The highest BCUT2D eigenvalue weighted by Crippen LogP contribution is 2.13. The number of hydrogen-bond acceptors (Lipinski definition) is 3. The number of hydrogen-bond donors (Lipinski definition) is 1. The Morgan fingerprint density at radius 3 is 1.84 bits per heavy atom. The molecule has 176 valence electrons. The number of allylic oxidation sites excluding steroid dienone is 8. The van der Waals surface area contributed by atoms with Crippen LogP contribution in [0.25, 0.3) is 0 Å². The van der Waals surface area contributed by atoms with Crippen LogP contribution in [-0.4, -0.2) is 16.0 Å². The maximum Gasteiger partial charge on any atom is 0.335 e. The average Bonchev–Trinajstić information content (AvgIpc) is 2.77. The number of aromatic carboxylic acids is 1. The van der Waals surface area contributed by atoms with Gasteiger partial charge >= 0.3 is 5.97 Å². The fourth-order valence-electron chi connectivity index (χ4n) is 2.76. The Morgan fingerprint density at radius 1 is 0.906 bits per heavy atom. The summed E-state index contributed by atoms with van der Waals surface area (Å²) in [7, 11) is 0. The normalized spacial score (nSPS) is 12.5. The van der Waals surface area contributed by atoms with Crippen LogP contribution in [-0.2, 0) is 0 Å². The van der Waals surface area contributed by atoms with Gasteiger partial charge in [-0.05, 0) is 84.8 Å². The molecule has 0 atom stereocenters. The third-order valence-electron chi connectivity index (χ3n) is 4.99. The van der Waals surface area contributed by atoms with Gasteiger partial charge < -0.3 is 5.11 Å². The number of nitro benzene ring substituents is 1. The van der Waals surface area contributed by atoms with E-state index in [0.717, 1.165) is 18.6 Å². The molecule has 1 aromatic carbocycles. The molecular formula is C27H39NO4. The lowest BCUT2D eigenvalue weighted by Gasteiger charge is -2.02. The van der Waals surface area contributed by atoms with Gasteiger partial charge in [0.15, 0.2) is 0 Å². The van der Waals surface area contributed by atoms with E-state index in [0.29, 0.717) is 0 Å². The molecule has 0 unspecified atom stereocenters. The molecule has 0 fully saturated rings. The zero-order valence-electron chi connectivity index (χ0n) is 20.3. The third kappa shape index (κ3) is 14.9. The van der Waals surface area contributed by atoms with Gasteiger partial charge in [0.1, 0.15) is 0 Å². The number of carbonyl (C=O) groups is 1. The number of rotatable bonds is 12. The number of nitrogens with zero attached hydrogens (tertiary/aromatic N) is 1. The monoisotopic (exact) mass is 441 g/mol. The Hall–Kier alpha value is -2.95. The quantitative estimate of drug-likeness (QED) is 0.200. The molecule has 5 heteroatoms. The minimum absolute atomic E-state index is 0.0422. The van der Waals surface area contributed by atoms with E-state index >= 15 is 0 Å². The van der Waals surface area contributed by atoms with Gasteiger partial charge in [-0.1, -0.05) is 54.0 Å². The number of nitro groups is 1. The molecule has 0 aliphatic rings. The summed E-state index contributed by atoms with van der Waals surface area (Å²) in [4.78, 5) is 19.9.